The van der Waals surface area contributed by atoms with Crippen molar-refractivity contribution in [3.8, 4) is 12.0 Å². The van der Waals surface area contributed by atoms with Crippen molar-refractivity contribution < 1.29 is 14.2 Å². The summed E-state index contributed by atoms with van der Waals surface area (Å²) in [7, 11) is 1.73. The first kappa shape index (κ1) is 12.8. The van der Waals surface area contributed by atoms with Gasteiger partial charge in [-0.1, -0.05) is 0 Å². The molecule has 7 nitrogen and oxygen atoms in total. The summed E-state index contributed by atoms with van der Waals surface area (Å²) < 4.78 is 16.3. The fraction of sp³-hybridized carbons (Fsp3) is 0.727. The van der Waals surface area contributed by atoms with E-state index in [-0.39, 0.29) is 24.2 Å². The van der Waals surface area contributed by atoms with E-state index in [0.717, 1.165) is 6.42 Å². The van der Waals surface area contributed by atoms with E-state index in [1.807, 2.05) is 13.8 Å². The normalized spacial score (nSPS) is 19.0. The van der Waals surface area contributed by atoms with Crippen molar-refractivity contribution in [3.05, 3.63) is 0 Å². The van der Waals surface area contributed by atoms with E-state index in [2.05, 4.69) is 20.3 Å². The summed E-state index contributed by atoms with van der Waals surface area (Å²) in [6.07, 6.45) is 0.852. The minimum Gasteiger partial charge on any atom is -0.461 e. The van der Waals surface area contributed by atoms with Crippen LogP contribution in [0.3, 0.4) is 0 Å². The van der Waals surface area contributed by atoms with Gasteiger partial charge in [-0.05, 0) is 13.8 Å². The number of nitrogens with zero attached hydrogens (tertiary/aromatic N) is 3. The smallest absolute Gasteiger partial charge is 0.324 e. The highest BCUT2D eigenvalue weighted by molar-refractivity contribution is 5.26. The van der Waals surface area contributed by atoms with Gasteiger partial charge in [0.25, 0.3) is 0 Å². The summed E-state index contributed by atoms with van der Waals surface area (Å²) in [5, 5.41) is 2.85. The largest absolute Gasteiger partial charge is 0.461 e. The molecule has 0 spiro atoms. The first-order chi connectivity index (χ1) is 8.67. The number of aromatic nitrogens is 3. The summed E-state index contributed by atoms with van der Waals surface area (Å²) >= 11 is 0. The highest BCUT2D eigenvalue weighted by atomic mass is 16.6. The van der Waals surface area contributed by atoms with Crippen molar-refractivity contribution in [1.29, 1.82) is 0 Å². The summed E-state index contributed by atoms with van der Waals surface area (Å²) in [5.41, 5.74) is 0. The lowest BCUT2D eigenvalue weighted by molar-refractivity contribution is 0.131. The molecule has 0 amide bonds. The maximum atomic E-state index is 5.63. The number of rotatable bonds is 5. The van der Waals surface area contributed by atoms with Gasteiger partial charge < -0.3 is 19.5 Å². The Bertz CT molecular complexity index is 394. The number of hydrogen-bond donors (Lipinski definition) is 1. The van der Waals surface area contributed by atoms with Crippen molar-refractivity contribution in [2.24, 2.45) is 0 Å². The van der Waals surface area contributed by atoms with Crippen molar-refractivity contribution >= 4 is 5.95 Å². The second kappa shape index (κ2) is 5.81. The van der Waals surface area contributed by atoms with Crippen LogP contribution in [-0.4, -0.2) is 47.4 Å². The van der Waals surface area contributed by atoms with Crippen LogP contribution in [0.1, 0.15) is 20.3 Å². The molecule has 0 aromatic carbocycles. The van der Waals surface area contributed by atoms with Crippen molar-refractivity contribution in [3.63, 3.8) is 0 Å². The number of hydrogen-bond acceptors (Lipinski definition) is 7. The molecule has 1 aliphatic rings. The molecule has 18 heavy (non-hydrogen) atoms. The first-order valence-corrected chi connectivity index (χ1v) is 6.02. The van der Waals surface area contributed by atoms with Crippen molar-refractivity contribution in [1.82, 2.24) is 15.0 Å². The van der Waals surface area contributed by atoms with Gasteiger partial charge in [-0.15, -0.1) is 4.98 Å². The molecule has 0 aliphatic carbocycles. The molecular weight excluding hydrogens is 236 g/mol. The van der Waals surface area contributed by atoms with Crippen molar-refractivity contribution in [2.75, 3.05) is 25.6 Å². The molecule has 0 saturated carbocycles. The maximum absolute atomic E-state index is 5.63. The average molecular weight is 254 g/mol. The molecule has 1 saturated heterocycles. The first-order valence-electron chi connectivity index (χ1n) is 6.02. The molecule has 1 unspecified atom stereocenters. The van der Waals surface area contributed by atoms with Crippen LogP contribution in [0.5, 0.6) is 12.0 Å². The molecule has 1 N–H and O–H groups in total. The minimum absolute atomic E-state index is 0.000213. The van der Waals surface area contributed by atoms with E-state index < -0.39 is 0 Å². The van der Waals surface area contributed by atoms with Crippen LogP contribution in [-0.2, 0) is 4.74 Å². The molecule has 1 aromatic heterocycles. The van der Waals surface area contributed by atoms with Crippen LogP contribution in [0.25, 0.3) is 0 Å². The highest BCUT2D eigenvalue weighted by Crippen LogP contribution is 2.17. The standard InChI is InChI=1S/C11H18N4O3/c1-7(2)17-10-13-9(12-3)14-11(15-10)18-8-4-5-16-6-8/h7-8H,4-6H2,1-3H3,(H,12,13,14,15). The molecule has 1 aliphatic heterocycles. The molecule has 7 heteroatoms. The zero-order valence-electron chi connectivity index (χ0n) is 10.8. The molecule has 100 valence electrons. The average Bonchev–Trinajstić information content (AvgIpc) is 2.80. The monoisotopic (exact) mass is 254 g/mol. The third kappa shape index (κ3) is 3.43. The van der Waals surface area contributed by atoms with Gasteiger partial charge >= 0.3 is 12.0 Å². The Morgan fingerprint density at radius 1 is 1.28 bits per heavy atom. The molecule has 2 rings (SSSR count). The van der Waals surface area contributed by atoms with E-state index in [1.165, 1.54) is 0 Å². The predicted molar refractivity (Wildman–Crippen MR) is 65.0 cm³/mol. The van der Waals surface area contributed by atoms with Gasteiger partial charge in [-0.25, -0.2) is 0 Å². The van der Waals surface area contributed by atoms with Crippen LogP contribution in [0.2, 0.25) is 0 Å². The molecule has 1 atom stereocenters. The minimum atomic E-state index is -0.000213. The Balaban J connectivity index is 2.11. The van der Waals surface area contributed by atoms with Crippen LogP contribution < -0.4 is 14.8 Å². The number of ether oxygens (including phenoxy) is 3. The molecule has 2 heterocycles. The van der Waals surface area contributed by atoms with E-state index in [4.69, 9.17) is 14.2 Å². The lowest BCUT2D eigenvalue weighted by atomic mass is 10.3. The molecule has 1 fully saturated rings. The highest BCUT2D eigenvalue weighted by Gasteiger charge is 2.19. The van der Waals surface area contributed by atoms with Crippen LogP contribution in [0.4, 0.5) is 5.95 Å². The third-order valence-electron chi connectivity index (χ3n) is 2.32. The zero-order chi connectivity index (χ0) is 13.0. The Morgan fingerprint density at radius 3 is 2.67 bits per heavy atom. The summed E-state index contributed by atoms with van der Waals surface area (Å²) in [5.74, 6) is 0.426. The third-order valence-corrected chi connectivity index (χ3v) is 2.32. The van der Waals surface area contributed by atoms with Gasteiger partial charge in [0.15, 0.2) is 0 Å². The van der Waals surface area contributed by atoms with Crippen LogP contribution >= 0.6 is 0 Å². The number of nitrogens with one attached hydrogen (secondary N) is 1. The summed E-state index contributed by atoms with van der Waals surface area (Å²) in [4.78, 5) is 12.4. The van der Waals surface area contributed by atoms with Gasteiger partial charge in [0.2, 0.25) is 5.95 Å². The SMILES string of the molecule is CNc1nc(OC(C)C)nc(OC2CCOC2)n1. The summed E-state index contributed by atoms with van der Waals surface area (Å²) in [6, 6.07) is 0.527. The Kier molecular flexibility index (Phi) is 4.14. The van der Waals surface area contributed by atoms with Crippen molar-refractivity contribution in [2.45, 2.75) is 32.5 Å². The zero-order valence-corrected chi connectivity index (χ0v) is 10.8. The lowest BCUT2D eigenvalue weighted by Crippen LogP contribution is -2.19. The number of anilines is 1. The Labute approximate surface area is 106 Å². The quantitative estimate of drug-likeness (QED) is 0.835. The molecule has 0 bridgehead atoms. The topological polar surface area (TPSA) is 78.4 Å². The van der Waals surface area contributed by atoms with Gasteiger partial charge in [0.1, 0.15) is 6.10 Å². The lowest BCUT2D eigenvalue weighted by Gasteiger charge is -2.13. The Hall–Kier alpha value is -1.63. The predicted octanol–water partition coefficient (Wildman–Crippen LogP) is 0.868. The molecule has 0 radical (unpaired) electrons. The molecular formula is C11H18N4O3. The molecule has 1 aromatic rings. The van der Waals surface area contributed by atoms with Gasteiger partial charge in [0.05, 0.1) is 19.3 Å². The fourth-order valence-corrected chi connectivity index (χ4v) is 1.52. The fourth-order valence-electron chi connectivity index (χ4n) is 1.52. The van der Waals surface area contributed by atoms with Gasteiger partial charge in [-0.3, -0.25) is 0 Å². The second-order valence-corrected chi connectivity index (χ2v) is 4.24. The van der Waals surface area contributed by atoms with E-state index in [9.17, 15) is 0 Å². The van der Waals surface area contributed by atoms with Crippen LogP contribution in [0.15, 0.2) is 0 Å². The second-order valence-electron chi connectivity index (χ2n) is 4.24. The van der Waals surface area contributed by atoms with E-state index in [0.29, 0.717) is 19.2 Å². The van der Waals surface area contributed by atoms with Crippen LogP contribution in [0, 0.1) is 0 Å². The van der Waals surface area contributed by atoms with Gasteiger partial charge in [0, 0.05) is 13.5 Å². The van der Waals surface area contributed by atoms with Gasteiger partial charge in [-0.2, -0.15) is 9.97 Å². The maximum Gasteiger partial charge on any atom is 0.324 e. The van der Waals surface area contributed by atoms with E-state index in [1.54, 1.807) is 7.05 Å². The van der Waals surface area contributed by atoms with E-state index >= 15 is 0 Å². The Morgan fingerprint density at radius 2 is 2.06 bits per heavy atom. The summed E-state index contributed by atoms with van der Waals surface area (Å²) in [6.45, 7) is 5.10.